The molecule has 5 rings (SSSR count). The van der Waals surface area contributed by atoms with Crippen molar-refractivity contribution in [3.8, 4) is 11.4 Å². The predicted octanol–water partition coefficient (Wildman–Crippen LogP) is 4.36. The molecule has 0 unspecified atom stereocenters. The Morgan fingerprint density at radius 2 is 1.62 bits per heavy atom. The molecule has 1 N–H and O–H groups in total. The standard InChI is InChI=1S/C25H26N4O2S/c1-18-8-11-24(19(2)16-18)28-12-14-29(15-13-28)32(30,31)21-9-10-22-23(17-21)27-25(26-22)20-6-4-3-5-7-20/h3-11,16-17H,12-15H2,1-2H3,(H,26,27). The molecule has 0 bridgehead atoms. The maximum atomic E-state index is 13.3. The van der Waals surface area contributed by atoms with Crippen molar-refractivity contribution in [2.45, 2.75) is 18.7 Å². The van der Waals surface area contributed by atoms with Crippen LogP contribution in [0.15, 0.2) is 71.6 Å². The van der Waals surface area contributed by atoms with E-state index in [-0.39, 0.29) is 0 Å². The minimum Gasteiger partial charge on any atom is -0.369 e. The zero-order valence-corrected chi connectivity index (χ0v) is 19.1. The lowest BCUT2D eigenvalue weighted by molar-refractivity contribution is 0.385. The fraction of sp³-hybridized carbons (Fsp3) is 0.240. The number of anilines is 1. The van der Waals surface area contributed by atoms with Crippen molar-refractivity contribution in [3.63, 3.8) is 0 Å². The molecule has 0 aliphatic carbocycles. The largest absolute Gasteiger partial charge is 0.369 e. The van der Waals surface area contributed by atoms with Crippen LogP contribution in [0.2, 0.25) is 0 Å². The number of aromatic nitrogens is 2. The number of hydrogen-bond donors (Lipinski definition) is 1. The molecular formula is C25H26N4O2S. The van der Waals surface area contributed by atoms with E-state index in [0.29, 0.717) is 31.1 Å². The summed E-state index contributed by atoms with van der Waals surface area (Å²) in [5.74, 6) is 0.734. The van der Waals surface area contributed by atoms with Crippen LogP contribution >= 0.6 is 0 Å². The molecule has 2 heterocycles. The van der Waals surface area contributed by atoms with Crippen molar-refractivity contribution in [2.75, 3.05) is 31.1 Å². The summed E-state index contributed by atoms with van der Waals surface area (Å²) in [4.78, 5) is 10.4. The van der Waals surface area contributed by atoms with Gasteiger partial charge in [0.05, 0.1) is 15.9 Å². The van der Waals surface area contributed by atoms with Gasteiger partial charge in [-0.05, 0) is 43.7 Å². The highest BCUT2D eigenvalue weighted by molar-refractivity contribution is 7.89. The van der Waals surface area contributed by atoms with Crippen LogP contribution in [0.25, 0.3) is 22.4 Å². The van der Waals surface area contributed by atoms with Gasteiger partial charge in [0.2, 0.25) is 10.0 Å². The number of sulfonamides is 1. The van der Waals surface area contributed by atoms with Crippen LogP contribution in [0, 0.1) is 13.8 Å². The first-order chi connectivity index (χ1) is 15.4. The Morgan fingerprint density at radius 1 is 0.875 bits per heavy atom. The molecule has 1 aliphatic heterocycles. The molecule has 1 aliphatic rings. The summed E-state index contributed by atoms with van der Waals surface area (Å²) >= 11 is 0. The number of rotatable bonds is 4. The molecule has 0 amide bonds. The van der Waals surface area contributed by atoms with Crippen molar-refractivity contribution in [2.24, 2.45) is 0 Å². The first-order valence-electron chi connectivity index (χ1n) is 10.8. The van der Waals surface area contributed by atoms with E-state index in [9.17, 15) is 8.42 Å². The van der Waals surface area contributed by atoms with Gasteiger partial charge in [0.15, 0.2) is 0 Å². The van der Waals surface area contributed by atoms with Crippen molar-refractivity contribution >= 4 is 26.7 Å². The van der Waals surface area contributed by atoms with E-state index in [1.807, 2.05) is 30.3 Å². The van der Waals surface area contributed by atoms with Crippen LogP contribution in [0.5, 0.6) is 0 Å². The Hall–Kier alpha value is -3.16. The molecule has 0 spiro atoms. The molecule has 1 saturated heterocycles. The second-order valence-electron chi connectivity index (χ2n) is 8.31. The fourth-order valence-corrected chi connectivity index (χ4v) is 5.81. The van der Waals surface area contributed by atoms with E-state index < -0.39 is 10.0 Å². The monoisotopic (exact) mass is 446 g/mol. The molecular weight excluding hydrogens is 420 g/mol. The number of aromatic amines is 1. The molecule has 164 valence electrons. The molecule has 6 nitrogen and oxygen atoms in total. The minimum atomic E-state index is -3.57. The van der Waals surface area contributed by atoms with E-state index >= 15 is 0 Å². The topological polar surface area (TPSA) is 69.3 Å². The van der Waals surface area contributed by atoms with E-state index in [4.69, 9.17) is 0 Å². The van der Waals surface area contributed by atoms with Gasteiger partial charge in [0.25, 0.3) is 0 Å². The third kappa shape index (κ3) is 3.78. The molecule has 0 radical (unpaired) electrons. The number of hydrogen-bond acceptors (Lipinski definition) is 4. The van der Waals surface area contributed by atoms with Gasteiger partial charge in [0, 0.05) is 37.4 Å². The molecule has 7 heteroatoms. The highest BCUT2D eigenvalue weighted by atomic mass is 32.2. The summed E-state index contributed by atoms with van der Waals surface area (Å²) in [6, 6.07) is 21.3. The first-order valence-corrected chi connectivity index (χ1v) is 12.2. The van der Waals surface area contributed by atoms with Gasteiger partial charge < -0.3 is 9.88 Å². The number of fused-ring (bicyclic) bond motifs is 1. The maximum Gasteiger partial charge on any atom is 0.243 e. The van der Waals surface area contributed by atoms with Crippen LogP contribution in [0.4, 0.5) is 5.69 Å². The molecule has 32 heavy (non-hydrogen) atoms. The van der Waals surface area contributed by atoms with Crippen LogP contribution < -0.4 is 4.90 Å². The summed E-state index contributed by atoms with van der Waals surface area (Å²) in [5.41, 5.74) is 6.08. The van der Waals surface area contributed by atoms with Gasteiger partial charge in [-0.1, -0.05) is 48.0 Å². The lowest BCUT2D eigenvalue weighted by atomic mass is 10.1. The van der Waals surface area contributed by atoms with Gasteiger partial charge in [-0.25, -0.2) is 13.4 Å². The average Bonchev–Trinajstić information content (AvgIpc) is 3.23. The van der Waals surface area contributed by atoms with Crippen molar-refractivity contribution in [1.29, 1.82) is 0 Å². The third-order valence-electron chi connectivity index (χ3n) is 6.07. The Balaban J connectivity index is 1.36. The number of piperazine rings is 1. The number of benzene rings is 3. The Kier molecular flexibility index (Phi) is 5.23. The normalized spacial score (nSPS) is 15.4. The number of imidazole rings is 1. The quantitative estimate of drug-likeness (QED) is 0.506. The van der Waals surface area contributed by atoms with Crippen LogP contribution in [0.1, 0.15) is 11.1 Å². The van der Waals surface area contributed by atoms with E-state index in [1.165, 1.54) is 16.8 Å². The Morgan fingerprint density at radius 3 is 2.34 bits per heavy atom. The fourth-order valence-electron chi connectivity index (χ4n) is 4.36. The summed E-state index contributed by atoms with van der Waals surface area (Å²) in [6.07, 6.45) is 0. The second-order valence-corrected chi connectivity index (χ2v) is 10.2. The van der Waals surface area contributed by atoms with E-state index in [0.717, 1.165) is 22.4 Å². The zero-order valence-electron chi connectivity index (χ0n) is 18.2. The Bertz CT molecular complexity index is 1370. The third-order valence-corrected chi connectivity index (χ3v) is 7.96. The van der Waals surface area contributed by atoms with E-state index in [1.54, 1.807) is 22.5 Å². The maximum absolute atomic E-state index is 13.3. The van der Waals surface area contributed by atoms with E-state index in [2.05, 4.69) is 46.9 Å². The van der Waals surface area contributed by atoms with Crippen LogP contribution in [-0.4, -0.2) is 48.9 Å². The van der Waals surface area contributed by atoms with Crippen molar-refractivity contribution in [1.82, 2.24) is 14.3 Å². The van der Waals surface area contributed by atoms with Crippen LogP contribution in [-0.2, 0) is 10.0 Å². The average molecular weight is 447 g/mol. The van der Waals surface area contributed by atoms with Crippen molar-refractivity contribution < 1.29 is 8.42 Å². The molecule has 0 saturated carbocycles. The summed E-state index contributed by atoms with van der Waals surface area (Å²) < 4.78 is 28.3. The smallest absolute Gasteiger partial charge is 0.243 e. The lowest BCUT2D eigenvalue weighted by Crippen LogP contribution is -2.48. The molecule has 0 atom stereocenters. The minimum absolute atomic E-state index is 0.299. The van der Waals surface area contributed by atoms with Gasteiger partial charge in [-0.2, -0.15) is 4.31 Å². The second kappa shape index (κ2) is 8.07. The van der Waals surface area contributed by atoms with Crippen molar-refractivity contribution in [3.05, 3.63) is 77.9 Å². The number of aryl methyl sites for hydroxylation is 2. The number of nitrogens with zero attached hydrogens (tertiary/aromatic N) is 3. The Labute approximate surface area is 188 Å². The van der Waals surface area contributed by atoms with Crippen LogP contribution in [0.3, 0.4) is 0 Å². The highest BCUT2D eigenvalue weighted by Crippen LogP contribution is 2.27. The molecule has 1 fully saturated rings. The van der Waals surface area contributed by atoms with Gasteiger partial charge in [0.1, 0.15) is 5.82 Å². The van der Waals surface area contributed by atoms with Gasteiger partial charge in [-0.3, -0.25) is 0 Å². The SMILES string of the molecule is Cc1ccc(N2CCN(S(=O)(=O)c3ccc4nc(-c5ccccc5)[nH]c4c3)CC2)c(C)c1. The zero-order chi connectivity index (χ0) is 22.3. The summed E-state index contributed by atoms with van der Waals surface area (Å²) in [5, 5.41) is 0. The highest BCUT2D eigenvalue weighted by Gasteiger charge is 2.29. The predicted molar refractivity (Wildman–Crippen MR) is 128 cm³/mol. The van der Waals surface area contributed by atoms with Gasteiger partial charge >= 0.3 is 0 Å². The van der Waals surface area contributed by atoms with Gasteiger partial charge in [-0.15, -0.1) is 0 Å². The first kappa shape index (κ1) is 20.7. The summed E-state index contributed by atoms with van der Waals surface area (Å²) in [6.45, 7) is 6.47. The molecule has 3 aromatic carbocycles. The molecule has 4 aromatic rings. The number of H-pyrrole nitrogens is 1. The molecule has 1 aromatic heterocycles. The lowest BCUT2D eigenvalue weighted by Gasteiger charge is -2.36. The number of nitrogens with one attached hydrogen (secondary N) is 1. The summed E-state index contributed by atoms with van der Waals surface area (Å²) in [7, 11) is -3.57.